The summed E-state index contributed by atoms with van der Waals surface area (Å²) in [7, 11) is -3.62. The lowest BCUT2D eigenvalue weighted by molar-refractivity contribution is 0.357. The van der Waals surface area contributed by atoms with Gasteiger partial charge in [-0.05, 0) is 55.5 Å². The third-order valence-corrected chi connectivity index (χ3v) is 8.61. The number of hydrogen-bond donors (Lipinski definition) is 1. The van der Waals surface area contributed by atoms with Crippen molar-refractivity contribution in [2.24, 2.45) is 0 Å². The van der Waals surface area contributed by atoms with E-state index in [0.29, 0.717) is 17.7 Å². The van der Waals surface area contributed by atoms with Gasteiger partial charge in [0.25, 0.3) is 0 Å². The topological polar surface area (TPSA) is 55.4 Å². The van der Waals surface area contributed by atoms with E-state index in [1.807, 2.05) is 52.0 Å². The molecule has 0 bridgehead atoms. The molecule has 0 saturated heterocycles. The van der Waals surface area contributed by atoms with Crippen LogP contribution in [0.3, 0.4) is 0 Å². The summed E-state index contributed by atoms with van der Waals surface area (Å²) >= 11 is 2.25. The number of aryl methyl sites for hydroxylation is 3. The van der Waals surface area contributed by atoms with Crippen molar-refractivity contribution >= 4 is 32.6 Å². The predicted molar refractivity (Wildman–Crippen MR) is 117 cm³/mol. The van der Waals surface area contributed by atoms with E-state index < -0.39 is 13.6 Å². The Hall–Kier alpha value is -1.12. The van der Waals surface area contributed by atoms with E-state index in [2.05, 4.69) is 33.4 Å². The van der Waals surface area contributed by atoms with Crippen LogP contribution in [0.1, 0.15) is 41.2 Å². The molecule has 0 saturated carbocycles. The summed E-state index contributed by atoms with van der Waals surface area (Å²) in [6.07, 6.45) is 2.22. The van der Waals surface area contributed by atoms with Crippen molar-refractivity contribution in [1.82, 2.24) is 4.72 Å². The fourth-order valence-electron chi connectivity index (χ4n) is 3.79. The molecule has 1 atom stereocenters. The Morgan fingerprint density at radius 1 is 1.15 bits per heavy atom. The third-order valence-electron chi connectivity index (χ3n) is 4.99. The van der Waals surface area contributed by atoms with Gasteiger partial charge < -0.3 is 4.74 Å². The summed E-state index contributed by atoms with van der Waals surface area (Å²) in [5.41, 5.74) is 4.96. The minimum atomic E-state index is -3.62. The average molecular weight is 499 g/mol. The van der Waals surface area contributed by atoms with Gasteiger partial charge in [0.05, 0.1) is 15.0 Å². The Kier molecular flexibility index (Phi) is 5.89. The number of alkyl halides is 1. The second-order valence-corrected chi connectivity index (χ2v) is 11.1. The maximum absolute atomic E-state index is 13.2. The van der Waals surface area contributed by atoms with Gasteiger partial charge in [0.15, 0.2) is 0 Å². The van der Waals surface area contributed by atoms with Crippen LogP contribution in [0.2, 0.25) is 0 Å². The van der Waals surface area contributed by atoms with E-state index in [1.54, 1.807) is 0 Å². The molecule has 27 heavy (non-hydrogen) atoms. The van der Waals surface area contributed by atoms with Crippen molar-refractivity contribution in [3.63, 3.8) is 0 Å². The Balaban J connectivity index is 1.89. The first-order chi connectivity index (χ1) is 12.6. The van der Waals surface area contributed by atoms with Crippen LogP contribution >= 0.6 is 22.6 Å². The molecule has 1 N–H and O–H groups in total. The molecule has 0 aliphatic carbocycles. The fraction of sp³-hybridized carbons (Fsp3) is 0.429. The molecule has 6 heteroatoms. The lowest BCUT2D eigenvalue weighted by Crippen LogP contribution is -2.44. The second kappa shape index (κ2) is 7.72. The second-order valence-electron chi connectivity index (χ2n) is 7.37. The molecule has 2 aromatic carbocycles. The smallest absolute Gasteiger partial charge is 0.242 e. The number of sulfonamides is 1. The number of fused-ring (bicyclic) bond motifs is 1. The zero-order valence-corrected chi connectivity index (χ0v) is 19.2. The zero-order chi connectivity index (χ0) is 19.8. The Bertz CT molecular complexity index is 948. The molecule has 1 aliphatic heterocycles. The highest BCUT2D eigenvalue weighted by atomic mass is 127. The number of hydrogen-bond acceptors (Lipinski definition) is 3. The van der Waals surface area contributed by atoms with E-state index >= 15 is 0 Å². The molecule has 1 unspecified atom stereocenters. The Morgan fingerprint density at radius 2 is 1.81 bits per heavy atom. The Morgan fingerprint density at radius 3 is 2.44 bits per heavy atom. The van der Waals surface area contributed by atoms with Crippen LogP contribution in [0.25, 0.3) is 0 Å². The van der Waals surface area contributed by atoms with Gasteiger partial charge in [0, 0.05) is 12.8 Å². The van der Waals surface area contributed by atoms with Gasteiger partial charge in [-0.25, -0.2) is 8.42 Å². The first kappa shape index (κ1) is 20.6. The van der Waals surface area contributed by atoms with Crippen molar-refractivity contribution in [3.05, 3.63) is 58.1 Å². The molecule has 4 nitrogen and oxygen atoms in total. The van der Waals surface area contributed by atoms with Crippen LogP contribution in [0.4, 0.5) is 0 Å². The van der Waals surface area contributed by atoms with Gasteiger partial charge in [0.2, 0.25) is 10.0 Å². The van der Waals surface area contributed by atoms with Crippen molar-refractivity contribution < 1.29 is 13.2 Å². The monoisotopic (exact) mass is 499 g/mol. The molecule has 0 radical (unpaired) electrons. The SMILES string of the molecule is CCC(I)(Cc1ccc2c(c1)CCO2)NS(=O)(=O)c1c(C)cc(C)cc1C. The van der Waals surface area contributed by atoms with Crippen LogP contribution in [-0.4, -0.2) is 18.6 Å². The molecular weight excluding hydrogens is 473 g/mol. The Labute approximate surface area is 175 Å². The van der Waals surface area contributed by atoms with Crippen molar-refractivity contribution in [1.29, 1.82) is 0 Å². The van der Waals surface area contributed by atoms with Crippen LogP contribution in [-0.2, 0) is 22.9 Å². The highest BCUT2D eigenvalue weighted by molar-refractivity contribution is 14.1. The van der Waals surface area contributed by atoms with Gasteiger partial charge in [-0.2, -0.15) is 4.72 Å². The van der Waals surface area contributed by atoms with E-state index in [9.17, 15) is 8.42 Å². The summed E-state index contributed by atoms with van der Waals surface area (Å²) in [6.45, 7) is 8.43. The normalized spacial score (nSPS) is 15.9. The predicted octanol–water partition coefficient (Wildman–Crippen LogP) is 4.61. The standard InChI is InChI=1S/C21H26INO3S/c1-5-21(22,13-17-6-7-19-18(12-17)8-9-26-19)23-27(24,25)20-15(3)10-14(2)11-16(20)4/h6-7,10-12,23H,5,8-9,13H2,1-4H3. The molecule has 1 heterocycles. The lowest BCUT2D eigenvalue weighted by Gasteiger charge is -2.28. The minimum Gasteiger partial charge on any atom is -0.493 e. The molecule has 3 rings (SSSR count). The van der Waals surface area contributed by atoms with E-state index in [-0.39, 0.29) is 0 Å². The van der Waals surface area contributed by atoms with E-state index in [1.165, 1.54) is 5.56 Å². The molecular formula is C21H26INO3S. The van der Waals surface area contributed by atoms with Crippen molar-refractivity contribution in [2.45, 2.75) is 55.4 Å². The van der Waals surface area contributed by atoms with Gasteiger partial charge in [-0.15, -0.1) is 0 Å². The van der Waals surface area contributed by atoms with Gasteiger partial charge in [-0.3, -0.25) is 0 Å². The maximum Gasteiger partial charge on any atom is 0.242 e. The number of nitrogens with one attached hydrogen (secondary N) is 1. The van der Waals surface area contributed by atoms with Crippen LogP contribution < -0.4 is 9.46 Å². The van der Waals surface area contributed by atoms with Gasteiger partial charge >= 0.3 is 0 Å². The first-order valence-corrected chi connectivity index (χ1v) is 11.7. The summed E-state index contributed by atoms with van der Waals surface area (Å²) < 4.78 is 34.4. The molecule has 2 aromatic rings. The number of ether oxygens (including phenoxy) is 1. The van der Waals surface area contributed by atoms with E-state index in [4.69, 9.17) is 4.74 Å². The van der Waals surface area contributed by atoms with Crippen LogP contribution in [0.15, 0.2) is 35.2 Å². The van der Waals surface area contributed by atoms with Crippen molar-refractivity contribution in [2.75, 3.05) is 6.61 Å². The average Bonchev–Trinajstić information content (AvgIpc) is 3.00. The summed E-state index contributed by atoms with van der Waals surface area (Å²) in [6, 6.07) is 10.0. The van der Waals surface area contributed by atoms with Crippen molar-refractivity contribution in [3.8, 4) is 5.75 Å². The summed E-state index contributed by atoms with van der Waals surface area (Å²) in [4.78, 5) is 0.393. The molecule has 0 spiro atoms. The van der Waals surface area contributed by atoms with Gasteiger partial charge in [0.1, 0.15) is 5.75 Å². The summed E-state index contributed by atoms with van der Waals surface area (Å²) in [5.74, 6) is 0.945. The largest absolute Gasteiger partial charge is 0.493 e. The molecule has 0 fully saturated rings. The van der Waals surface area contributed by atoms with Crippen LogP contribution in [0, 0.1) is 20.8 Å². The summed E-state index contributed by atoms with van der Waals surface area (Å²) in [5, 5.41) is 0. The zero-order valence-electron chi connectivity index (χ0n) is 16.2. The van der Waals surface area contributed by atoms with E-state index in [0.717, 1.165) is 41.0 Å². The number of rotatable bonds is 6. The number of benzene rings is 2. The molecule has 1 aliphatic rings. The third kappa shape index (κ3) is 4.49. The maximum atomic E-state index is 13.2. The molecule has 0 aromatic heterocycles. The fourth-order valence-corrected chi connectivity index (χ4v) is 6.87. The van der Waals surface area contributed by atoms with Gasteiger partial charge in [-0.1, -0.05) is 59.3 Å². The quantitative estimate of drug-likeness (QED) is 0.359. The lowest BCUT2D eigenvalue weighted by atomic mass is 10.0. The number of halogens is 1. The highest BCUT2D eigenvalue weighted by Gasteiger charge is 2.33. The first-order valence-electron chi connectivity index (χ1n) is 9.19. The molecule has 146 valence electrons. The molecule has 0 amide bonds. The minimum absolute atomic E-state index is 0.393. The highest BCUT2D eigenvalue weighted by Crippen LogP contribution is 2.32. The van der Waals surface area contributed by atoms with Crippen LogP contribution in [0.5, 0.6) is 5.75 Å².